The molecule has 0 fully saturated rings. The second-order valence-electron chi connectivity index (χ2n) is 6.49. The second-order valence-corrected chi connectivity index (χ2v) is 6.49. The lowest BCUT2D eigenvalue weighted by atomic mass is 10.3. The van der Waals surface area contributed by atoms with Gasteiger partial charge in [-0.15, -0.1) is 0 Å². The van der Waals surface area contributed by atoms with Gasteiger partial charge in [0.2, 0.25) is 5.88 Å². The van der Waals surface area contributed by atoms with Gasteiger partial charge in [0.1, 0.15) is 29.5 Å². The number of hydrogen-bond donors (Lipinski definition) is 2. The van der Waals surface area contributed by atoms with E-state index in [-0.39, 0.29) is 6.03 Å². The standard InChI is InChI=1S/C22H20N6O3/c1-15-23-11-12-28(15)20-13-21(25-14-24-20)31-19-9-5-17(6-10-19)27-22(29)26-16-3-7-18(30-2)8-4-16/h3-14H,1-2H3,(H2,26,27,29). The Hall–Kier alpha value is -4.40. The zero-order valence-corrected chi connectivity index (χ0v) is 16.9. The molecule has 0 saturated carbocycles. The molecule has 9 nitrogen and oxygen atoms in total. The molecule has 0 spiro atoms. The molecule has 0 saturated heterocycles. The first-order valence-electron chi connectivity index (χ1n) is 9.43. The van der Waals surface area contributed by atoms with E-state index in [4.69, 9.17) is 9.47 Å². The fraction of sp³-hybridized carbons (Fsp3) is 0.0909. The van der Waals surface area contributed by atoms with Gasteiger partial charge in [0.05, 0.1) is 7.11 Å². The molecule has 2 heterocycles. The minimum absolute atomic E-state index is 0.352. The largest absolute Gasteiger partial charge is 0.497 e. The summed E-state index contributed by atoms with van der Waals surface area (Å²) < 4.78 is 12.7. The molecule has 2 N–H and O–H groups in total. The SMILES string of the molecule is COc1ccc(NC(=O)Nc2ccc(Oc3cc(-n4ccnc4C)ncn3)cc2)cc1. The highest BCUT2D eigenvalue weighted by Crippen LogP contribution is 2.23. The van der Waals surface area contributed by atoms with Crippen molar-refractivity contribution < 1.29 is 14.3 Å². The van der Waals surface area contributed by atoms with E-state index in [2.05, 4.69) is 25.6 Å². The number of carbonyl (C=O) groups excluding carboxylic acids is 1. The molecule has 0 aliphatic heterocycles. The van der Waals surface area contributed by atoms with Crippen LogP contribution >= 0.6 is 0 Å². The third kappa shape index (κ3) is 4.96. The summed E-state index contributed by atoms with van der Waals surface area (Å²) in [4.78, 5) is 24.8. The van der Waals surface area contributed by atoms with Crippen LogP contribution in [0, 0.1) is 6.92 Å². The Balaban J connectivity index is 1.37. The number of nitrogens with one attached hydrogen (secondary N) is 2. The van der Waals surface area contributed by atoms with Gasteiger partial charge in [-0.3, -0.25) is 4.57 Å². The molecule has 2 aromatic carbocycles. The van der Waals surface area contributed by atoms with Crippen LogP contribution in [-0.4, -0.2) is 32.7 Å². The predicted octanol–water partition coefficient (Wildman–Crippen LogP) is 4.42. The zero-order chi connectivity index (χ0) is 21.6. The number of urea groups is 1. The Kier molecular flexibility index (Phi) is 5.75. The Labute approximate surface area is 178 Å². The first-order valence-corrected chi connectivity index (χ1v) is 9.43. The Bertz CT molecular complexity index is 1170. The molecule has 2 amide bonds. The average Bonchev–Trinajstić information content (AvgIpc) is 3.22. The van der Waals surface area contributed by atoms with Crippen LogP contribution in [0.5, 0.6) is 17.4 Å². The van der Waals surface area contributed by atoms with Gasteiger partial charge < -0.3 is 20.1 Å². The first-order chi connectivity index (χ1) is 15.1. The number of nitrogens with zero attached hydrogens (tertiary/aromatic N) is 4. The van der Waals surface area contributed by atoms with Gasteiger partial charge in [0, 0.05) is 29.8 Å². The van der Waals surface area contributed by atoms with Gasteiger partial charge in [0.15, 0.2) is 0 Å². The predicted molar refractivity (Wildman–Crippen MR) is 116 cm³/mol. The number of hydrogen-bond acceptors (Lipinski definition) is 6. The van der Waals surface area contributed by atoms with E-state index in [1.54, 1.807) is 67.9 Å². The summed E-state index contributed by atoms with van der Waals surface area (Å²) in [5, 5.41) is 5.53. The normalized spacial score (nSPS) is 10.4. The van der Waals surface area contributed by atoms with Crippen molar-refractivity contribution in [2.75, 3.05) is 17.7 Å². The summed E-state index contributed by atoms with van der Waals surface area (Å²) in [7, 11) is 1.59. The molecular weight excluding hydrogens is 396 g/mol. The lowest BCUT2D eigenvalue weighted by Gasteiger charge is -2.10. The van der Waals surface area contributed by atoms with Crippen molar-refractivity contribution in [1.82, 2.24) is 19.5 Å². The monoisotopic (exact) mass is 416 g/mol. The number of aryl methyl sites for hydroxylation is 1. The molecule has 4 aromatic rings. The second kappa shape index (κ2) is 8.95. The van der Waals surface area contributed by atoms with E-state index in [9.17, 15) is 4.79 Å². The van der Waals surface area contributed by atoms with Gasteiger partial charge in [-0.05, 0) is 55.5 Å². The molecule has 0 bridgehead atoms. The number of amides is 2. The molecule has 4 rings (SSSR count). The highest BCUT2D eigenvalue weighted by Gasteiger charge is 2.07. The molecule has 0 radical (unpaired) electrons. The maximum absolute atomic E-state index is 12.2. The zero-order valence-electron chi connectivity index (χ0n) is 16.9. The third-order valence-corrected chi connectivity index (χ3v) is 4.38. The van der Waals surface area contributed by atoms with Gasteiger partial charge in [-0.25, -0.2) is 19.7 Å². The van der Waals surface area contributed by atoms with Crippen LogP contribution in [0.15, 0.2) is 73.3 Å². The summed E-state index contributed by atoms with van der Waals surface area (Å²) in [5.41, 5.74) is 1.28. The van der Waals surface area contributed by atoms with Crippen molar-refractivity contribution in [3.8, 4) is 23.2 Å². The first kappa shape index (κ1) is 19.9. The average molecular weight is 416 g/mol. The molecule has 31 heavy (non-hydrogen) atoms. The molecule has 9 heteroatoms. The van der Waals surface area contributed by atoms with Crippen LogP contribution in [0.3, 0.4) is 0 Å². The maximum Gasteiger partial charge on any atom is 0.323 e. The van der Waals surface area contributed by atoms with Gasteiger partial charge in [0.25, 0.3) is 0 Å². The smallest absolute Gasteiger partial charge is 0.323 e. The number of benzene rings is 2. The molecule has 0 aliphatic rings. The van der Waals surface area contributed by atoms with Crippen LogP contribution in [0.1, 0.15) is 5.82 Å². The molecular formula is C22H20N6O3. The minimum Gasteiger partial charge on any atom is -0.497 e. The van der Waals surface area contributed by atoms with E-state index < -0.39 is 0 Å². The minimum atomic E-state index is -0.352. The fourth-order valence-electron chi connectivity index (χ4n) is 2.83. The van der Waals surface area contributed by atoms with Crippen LogP contribution < -0.4 is 20.1 Å². The highest BCUT2D eigenvalue weighted by molar-refractivity contribution is 5.99. The van der Waals surface area contributed by atoms with Crippen LogP contribution in [0.25, 0.3) is 5.82 Å². The molecule has 156 valence electrons. The van der Waals surface area contributed by atoms with E-state index in [0.29, 0.717) is 28.8 Å². The third-order valence-electron chi connectivity index (χ3n) is 4.38. The van der Waals surface area contributed by atoms with Crippen molar-refractivity contribution in [2.24, 2.45) is 0 Å². The summed E-state index contributed by atoms with van der Waals surface area (Å²) in [5.74, 6) is 3.17. The summed E-state index contributed by atoms with van der Waals surface area (Å²) in [6, 6.07) is 15.4. The van der Waals surface area contributed by atoms with E-state index in [1.807, 2.05) is 17.7 Å². The van der Waals surface area contributed by atoms with Crippen molar-refractivity contribution in [2.45, 2.75) is 6.92 Å². The van der Waals surface area contributed by atoms with Crippen molar-refractivity contribution in [3.05, 3.63) is 79.1 Å². The highest BCUT2D eigenvalue weighted by atomic mass is 16.5. The number of methoxy groups -OCH3 is 1. The number of rotatable bonds is 6. The number of aromatic nitrogens is 4. The lowest BCUT2D eigenvalue weighted by molar-refractivity contribution is 0.262. The molecule has 2 aromatic heterocycles. The summed E-state index contributed by atoms with van der Waals surface area (Å²) in [6.07, 6.45) is 4.96. The lowest BCUT2D eigenvalue weighted by Crippen LogP contribution is -2.19. The van der Waals surface area contributed by atoms with E-state index in [1.165, 1.54) is 6.33 Å². The molecule has 0 unspecified atom stereocenters. The Morgan fingerprint density at radius 3 is 2.13 bits per heavy atom. The number of carbonyl (C=O) groups is 1. The fourth-order valence-corrected chi connectivity index (χ4v) is 2.83. The van der Waals surface area contributed by atoms with Crippen LogP contribution in [0.2, 0.25) is 0 Å². The Morgan fingerprint density at radius 2 is 1.55 bits per heavy atom. The number of anilines is 2. The maximum atomic E-state index is 12.2. The van der Waals surface area contributed by atoms with E-state index in [0.717, 1.165) is 11.6 Å². The van der Waals surface area contributed by atoms with Gasteiger partial charge in [-0.2, -0.15) is 0 Å². The topological polar surface area (TPSA) is 103 Å². The quantitative estimate of drug-likeness (QED) is 0.482. The summed E-state index contributed by atoms with van der Waals surface area (Å²) >= 11 is 0. The van der Waals surface area contributed by atoms with Gasteiger partial charge in [-0.1, -0.05) is 0 Å². The Morgan fingerprint density at radius 1 is 0.903 bits per heavy atom. The number of ether oxygens (including phenoxy) is 2. The number of imidazole rings is 1. The van der Waals surface area contributed by atoms with Crippen molar-refractivity contribution in [3.63, 3.8) is 0 Å². The van der Waals surface area contributed by atoms with Crippen LogP contribution in [-0.2, 0) is 0 Å². The van der Waals surface area contributed by atoms with Gasteiger partial charge >= 0.3 is 6.03 Å². The van der Waals surface area contributed by atoms with Crippen molar-refractivity contribution in [1.29, 1.82) is 0 Å². The van der Waals surface area contributed by atoms with Crippen LogP contribution in [0.4, 0.5) is 16.2 Å². The molecule has 0 atom stereocenters. The van der Waals surface area contributed by atoms with E-state index >= 15 is 0 Å². The summed E-state index contributed by atoms with van der Waals surface area (Å²) in [6.45, 7) is 1.89. The molecule has 0 aliphatic carbocycles. The van der Waals surface area contributed by atoms with Crippen molar-refractivity contribution >= 4 is 17.4 Å².